The first-order chi connectivity index (χ1) is 15.8. The van der Waals surface area contributed by atoms with Crippen LogP contribution in [0.4, 0.5) is 0 Å². The Hall–Kier alpha value is -2.72. The Kier molecular flexibility index (Phi) is 5.18. The standard InChI is InChI=1S/C28H30N2O2/c31-26-8-6-21-17-22(5-7-24(21)26)28-25(19-9-13-29-14-10-19)18-27(32-28)20-11-15-30(16-12-20)23-3-1-2-4-23/h5,7,9-10,13-14,17-18,20,23H,1-4,6,8,11-12,15-16H2. The second kappa shape index (κ2) is 8.32. The van der Waals surface area contributed by atoms with Crippen LogP contribution in [-0.2, 0) is 6.42 Å². The van der Waals surface area contributed by atoms with E-state index in [4.69, 9.17) is 4.42 Å². The smallest absolute Gasteiger partial charge is 0.163 e. The van der Waals surface area contributed by atoms with Crippen LogP contribution in [0.3, 0.4) is 0 Å². The lowest BCUT2D eigenvalue weighted by atomic mass is 9.92. The first-order valence-electron chi connectivity index (χ1n) is 12.2. The molecule has 1 aliphatic heterocycles. The third kappa shape index (κ3) is 3.61. The number of aryl methyl sites for hydroxylation is 1. The molecule has 0 bridgehead atoms. The van der Waals surface area contributed by atoms with E-state index in [2.05, 4.69) is 40.2 Å². The summed E-state index contributed by atoms with van der Waals surface area (Å²) in [6.07, 6.45) is 13.0. The number of pyridine rings is 1. The fourth-order valence-electron chi connectivity index (χ4n) is 5.99. The predicted molar refractivity (Wildman–Crippen MR) is 126 cm³/mol. The van der Waals surface area contributed by atoms with E-state index in [1.165, 1.54) is 38.8 Å². The van der Waals surface area contributed by atoms with Crippen molar-refractivity contribution in [3.63, 3.8) is 0 Å². The predicted octanol–water partition coefficient (Wildman–Crippen LogP) is 6.26. The van der Waals surface area contributed by atoms with Gasteiger partial charge in [0.05, 0.1) is 0 Å². The Labute approximate surface area is 189 Å². The van der Waals surface area contributed by atoms with Crippen molar-refractivity contribution >= 4 is 5.78 Å². The number of hydrogen-bond acceptors (Lipinski definition) is 4. The molecule has 1 saturated heterocycles. The monoisotopic (exact) mass is 426 g/mol. The third-order valence-corrected chi connectivity index (χ3v) is 7.80. The lowest BCUT2D eigenvalue weighted by Gasteiger charge is -2.35. The largest absolute Gasteiger partial charge is 0.460 e. The van der Waals surface area contributed by atoms with Crippen molar-refractivity contribution in [3.8, 4) is 22.5 Å². The van der Waals surface area contributed by atoms with Gasteiger partial charge in [0.1, 0.15) is 11.5 Å². The number of aromatic nitrogens is 1. The van der Waals surface area contributed by atoms with Gasteiger partial charge in [0, 0.05) is 47.5 Å². The van der Waals surface area contributed by atoms with E-state index in [0.29, 0.717) is 12.3 Å². The Morgan fingerprint density at radius 1 is 0.844 bits per heavy atom. The van der Waals surface area contributed by atoms with Gasteiger partial charge in [0.15, 0.2) is 5.78 Å². The maximum absolute atomic E-state index is 12.1. The molecule has 0 unspecified atom stereocenters. The number of piperidine rings is 1. The molecule has 3 heterocycles. The summed E-state index contributed by atoms with van der Waals surface area (Å²) in [4.78, 5) is 19.0. The van der Waals surface area contributed by atoms with Gasteiger partial charge in [-0.2, -0.15) is 0 Å². The van der Waals surface area contributed by atoms with Crippen LogP contribution in [0.25, 0.3) is 22.5 Å². The van der Waals surface area contributed by atoms with E-state index < -0.39 is 0 Å². The summed E-state index contributed by atoms with van der Waals surface area (Å²) < 4.78 is 6.62. The van der Waals surface area contributed by atoms with E-state index in [0.717, 1.165) is 64.6 Å². The number of ketones is 1. The van der Waals surface area contributed by atoms with E-state index >= 15 is 0 Å². The van der Waals surface area contributed by atoms with Gasteiger partial charge in [-0.15, -0.1) is 0 Å². The molecule has 1 saturated carbocycles. The summed E-state index contributed by atoms with van der Waals surface area (Å²) in [5.74, 6) is 2.76. The number of Topliss-reactive ketones (excluding diaryl/α,β-unsaturated/α-hetero) is 1. The number of hydrogen-bond donors (Lipinski definition) is 0. The normalized spacial score (nSPS) is 20.2. The Morgan fingerprint density at radius 3 is 2.41 bits per heavy atom. The van der Waals surface area contributed by atoms with Gasteiger partial charge in [-0.25, -0.2) is 0 Å². The molecule has 2 fully saturated rings. The number of nitrogens with zero attached hydrogens (tertiary/aromatic N) is 2. The number of rotatable bonds is 4. The molecule has 4 nitrogen and oxygen atoms in total. The molecule has 0 amide bonds. The molecule has 6 rings (SSSR count). The van der Waals surface area contributed by atoms with Crippen LogP contribution in [-0.4, -0.2) is 34.8 Å². The van der Waals surface area contributed by atoms with Crippen molar-refractivity contribution in [1.29, 1.82) is 0 Å². The van der Waals surface area contributed by atoms with Crippen molar-refractivity contribution in [2.24, 2.45) is 0 Å². The van der Waals surface area contributed by atoms with Crippen molar-refractivity contribution in [3.05, 3.63) is 65.7 Å². The molecule has 0 spiro atoms. The quantitative estimate of drug-likeness (QED) is 0.494. The third-order valence-electron chi connectivity index (χ3n) is 7.80. The zero-order valence-corrected chi connectivity index (χ0v) is 18.6. The topological polar surface area (TPSA) is 46.3 Å². The molecule has 4 heteroatoms. The average Bonchev–Trinajstić information content (AvgIpc) is 3.60. The van der Waals surface area contributed by atoms with Gasteiger partial charge in [-0.3, -0.25) is 9.78 Å². The minimum atomic E-state index is 0.259. The zero-order valence-electron chi connectivity index (χ0n) is 18.6. The van der Waals surface area contributed by atoms with Crippen LogP contribution in [0.5, 0.6) is 0 Å². The van der Waals surface area contributed by atoms with Crippen molar-refractivity contribution < 1.29 is 9.21 Å². The van der Waals surface area contributed by atoms with Crippen LogP contribution in [0.15, 0.2) is 53.2 Å². The van der Waals surface area contributed by atoms with Crippen LogP contribution in [0.2, 0.25) is 0 Å². The molecule has 3 aromatic rings. The summed E-state index contributed by atoms with van der Waals surface area (Å²) in [6.45, 7) is 2.35. The molecular formula is C28H30N2O2. The number of fused-ring (bicyclic) bond motifs is 1. The molecule has 2 aliphatic carbocycles. The highest BCUT2D eigenvalue weighted by Gasteiger charge is 2.30. The van der Waals surface area contributed by atoms with E-state index in [-0.39, 0.29) is 5.78 Å². The number of furan rings is 1. The highest BCUT2D eigenvalue weighted by Crippen LogP contribution is 2.41. The van der Waals surface area contributed by atoms with Crippen LogP contribution >= 0.6 is 0 Å². The molecule has 1 aromatic carbocycles. The van der Waals surface area contributed by atoms with Gasteiger partial charge in [0.2, 0.25) is 0 Å². The molecule has 3 aliphatic rings. The summed E-state index contributed by atoms with van der Waals surface area (Å²) in [6, 6.07) is 13.4. The van der Waals surface area contributed by atoms with E-state index in [1.54, 1.807) is 0 Å². The highest BCUT2D eigenvalue weighted by atomic mass is 16.3. The summed E-state index contributed by atoms with van der Waals surface area (Å²) in [5.41, 5.74) is 5.36. The average molecular weight is 427 g/mol. The van der Waals surface area contributed by atoms with Gasteiger partial charge in [-0.05, 0) is 80.6 Å². The van der Waals surface area contributed by atoms with Crippen molar-refractivity contribution in [2.45, 2.75) is 63.3 Å². The maximum atomic E-state index is 12.1. The van der Waals surface area contributed by atoms with Crippen molar-refractivity contribution in [2.75, 3.05) is 13.1 Å². The molecule has 32 heavy (non-hydrogen) atoms. The molecule has 164 valence electrons. The summed E-state index contributed by atoms with van der Waals surface area (Å²) >= 11 is 0. The molecule has 0 N–H and O–H groups in total. The molecule has 2 aromatic heterocycles. The van der Waals surface area contributed by atoms with Crippen LogP contribution in [0.1, 0.15) is 72.5 Å². The number of benzene rings is 1. The van der Waals surface area contributed by atoms with Gasteiger partial charge in [0.25, 0.3) is 0 Å². The second-order valence-corrected chi connectivity index (χ2v) is 9.67. The minimum absolute atomic E-state index is 0.259. The zero-order chi connectivity index (χ0) is 21.5. The number of carbonyl (C=O) groups is 1. The van der Waals surface area contributed by atoms with E-state index in [9.17, 15) is 4.79 Å². The lowest BCUT2D eigenvalue weighted by molar-refractivity contribution is 0.0994. The lowest BCUT2D eigenvalue weighted by Crippen LogP contribution is -2.39. The summed E-state index contributed by atoms with van der Waals surface area (Å²) in [7, 11) is 0. The highest BCUT2D eigenvalue weighted by molar-refractivity contribution is 6.01. The Bertz CT molecular complexity index is 1120. The second-order valence-electron chi connectivity index (χ2n) is 9.67. The summed E-state index contributed by atoms with van der Waals surface area (Å²) in [5, 5.41) is 0. The van der Waals surface area contributed by atoms with Crippen molar-refractivity contribution in [1.82, 2.24) is 9.88 Å². The maximum Gasteiger partial charge on any atom is 0.163 e. The van der Waals surface area contributed by atoms with E-state index in [1.807, 2.05) is 18.5 Å². The Morgan fingerprint density at radius 2 is 1.62 bits per heavy atom. The number of likely N-dealkylation sites (tertiary alicyclic amines) is 1. The van der Waals surface area contributed by atoms with Crippen LogP contribution < -0.4 is 0 Å². The first-order valence-corrected chi connectivity index (χ1v) is 12.2. The molecular weight excluding hydrogens is 396 g/mol. The Balaban J connectivity index is 1.32. The van der Waals surface area contributed by atoms with Gasteiger partial charge < -0.3 is 9.32 Å². The molecule has 0 atom stereocenters. The SMILES string of the molecule is O=C1CCc2cc(-c3oc(C4CCN(C5CCCC5)CC4)cc3-c3ccncc3)ccc21. The first kappa shape index (κ1) is 19.9. The molecule has 0 radical (unpaired) electrons. The van der Waals surface area contributed by atoms with Crippen LogP contribution in [0, 0.1) is 0 Å². The number of carbonyl (C=O) groups excluding carboxylic acids is 1. The fourth-order valence-corrected chi connectivity index (χ4v) is 5.99. The fraction of sp³-hybridized carbons (Fsp3) is 0.429. The minimum Gasteiger partial charge on any atom is -0.460 e. The van der Waals surface area contributed by atoms with Gasteiger partial charge >= 0.3 is 0 Å². The van der Waals surface area contributed by atoms with Gasteiger partial charge in [-0.1, -0.05) is 25.0 Å².